The molecule has 1 aliphatic rings. The van der Waals surface area contributed by atoms with Crippen molar-refractivity contribution in [3.63, 3.8) is 0 Å². The molecular weight excluding hydrogens is 142 g/mol. The van der Waals surface area contributed by atoms with Crippen LogP contribution < -0.4 is 0 Å². The summed E-state index contributed by atoms with van der Waals surface area (Å²) < 4.78 is 0. The lowest BCUT2D eigenvalue weighted by Crippen LogP contribution is -2.58. The maximum absolute atomic E-state index is 11.2. The van der Waals surface area contributed by atoms with Gasteiger partial charge < -0.3 is 4.90 Å². The Labute approximate surface area is 65.7 Å². The molecule has 1 heterocycles. The highest BCUT2D eigenvalue weighted by molar-refractivity contribution is 6.13. The van der Waals surface area contributed by atoms with Crippen molar-refractivity contribution in [2.75, 3.05) is 7.05 Å². The zero-order valence-electron chi connectivity index (χ0n) is 6.97. The molecule has 1 unspecified atom stereocenters. The van der Waals surface area contributed by atoms with E-state index in [9.17, 15) is 9.59 Å². The summed E-state index contributed by atoms with van der Waals surface area (Å²) in [6.07, 6.45) is 0. The highest BCUT2D eigenvalue weighted by atomic mass is 16.2. The van der Waals surface area contributed by atoms with Crippen LogP contribution in [0.25, 0.3) is 0 Å². The molecule has 0 spiro atoms. The minimum atomic E-state index is -0.936. The van der Waals surface area contributed by atoms with Crippen LogP contribution in [0.4, 0.5) is 0 Å². The average molecular weight is 153 g/mol. The van der Waals surface area contributed by atoms with Gasteiger partial charge in [-0.05, 0) is 13.8 Å². The first-order valence-electron chi connectivity index (χ1n) is 3.41. The summed E-state index contributed by atoms with van der Waals surface area (Å²) in [7, 11) is 1.62. The van der Waals surface area contributed by atoms with Gasteiger partial charge in [-0.15, -0.1) is 0 Å². The largest absolute Gasteiger partial charge is 0.317 e. The number of hydrogen-bond acceptors (Lipinski definition) is 2. The summed E-state index contributed by atoms with van der Waals surface area (Å²) >= 11 is 0. The molecule has 0 aromatic rings. The molecule has 11 heavy (non-hydrogen) atoms. The molecule has 1 amide bonds. The number of amides is 1. The topological polar surface area (TPSA) is 37.4 Å². The van der Waals surface area contributed by atoms with E-state index >= 15 is 0 Å². The van der Waals surface area contributed by atoms with E-state index in [-0.39, 0.29) is 11.7 Å². The highest BCUT2D eigenvalue weighted by Crippen LogP contribution is 2.40. The number of ketones is 1. The molecule has 3 heteroatoms. The van der Waals surface area contributed by atoms with Crippen molar-refractivity contribution in [1.82, 2.24) is 4.90 Å². The Hall–Kier alpha value is -1.12. The summed E-state index contributed by atoms with van der Waals surface area (Å²) in [4.78, 5) is 23.6. The van der Waals surface area contributed by atoms with Gasteiger partial charge in [0.15, 0.2) is 5.78 Å². The lowest BCUT2D eigenvalue weighted by molar-refractivity contribution is -0.153. The lowest BCUT2D eigenvalue weighted by Gasteiger charge is -2.44. The molecule has 0 aromatic carbocycles. The first-order chi connectivity index (χ1) is 4.92. The van der Waals surface area contributed by atoms with Gasteiger partial charge in [-0.2, -0.15) is 0 Å². The second-order valence-electron chi connectivity index (χ2n) is 2.99. The number of nitrogens with zero attached hydrogens (tertiary/aromatic N) is 1. The first-order valence-corrected chi connectivity index (χ1v) is 3.41. The zero-order chi connectivity index (χ0) is 8.81. The van der Waals surface area contributed by atoms with Gasteiger partial charge in [-0.1, -0.05) is 6.58 Å². The summed E-state index contributed by atoms with van der Waals surface area (Å²) in [6.45, 7) is 6.67. The molecule has 1 aliphatic heterocycles. The highest BCUT2D eigenvalue weighted by Gasteiger charge is 2.54. The third-order valence-corrected chi connectivity index (χ3v) is 2.42. The van der Waals surface area contributed by atoms with E-state index in [0.717, 1.165) is 0 Å². The van der Waals surface area contributed by atoms with Gasteiger partial charge in [0.1, 0.15) is 5.41 Å². The van der Waals surface area contributed by atoms with Gasteiger partial charge in [0.2, 0.25) is 5.91 Å². The Balaban J connectivity index is 3.01. The molecule has 0 radical (unpaired) electrons. The van der Waals surface area contributed by atoms with Crippen LogP contribution >= 0.6 is 0 Å². The van der Waals surface area contributed by atoms with Crippen molar-refractivity contribution in [2.45, 2.75) is 13.8 Å². The number of carbonyl (C=O) groups excluding carboxylic acids is 2. The predicted molar refractivity (Wildman–Crippen MR) is 40.7 cm³/mol. The molecular formula is C8H11NO2. The number of Topliss-reactive ketones (excluding diaryl/α,β-unsaturated/α-hetero) is 1. The second kappa shape index (κ2) is 1.94. The zero-order valence-corrected chi connectivity index (χ0v) is 6.97. The Morgan fingerprint density at radius 2 is 2.09 bits per heavy atom. The van der Waals surface area contributed by atoms with E-state index in [1.165, 1.54) is 11.8 Å². The Bertz CT molecular complexity index is 239. The fourth-order valence-electron chi connectivity index (χ4n) is 1.22. The fraction of sp³-hybridized carbons (Fsp3) is 0.500. The number of carbonyl (C=O) groups is 2. The van der Waals surface area contributed by atoms with E-state index < -0.39 is 5.41 Å². The van der Waals surface area contributed by atoms with Crippen molar-refractivity contribution < 1.29 is 9.59 Å². The standard InChI is InChI=1S/C8H11NO2/c1-5-8(3,6(2)10)7(11)9(5)4/h1H2,2-4H3. The van der Waals surface area contributed by atoms with Crippen LogP contribution in [0.15, 0.2) is 12.3 Å². The minimum Gasteiger partial charge on any atom is -0.317 e. The monoisotopic (exact) mass is 153 g/mol. The normalized spacial score (nSPS) is 30.3. The van der Waals surface area contributed by atoms with Gasteiger partial charge in [0.05, 0.1) is 0 Å². The van der Waals surface area contributed by atoms with Crippen LogP contribution in [0.3, 0.4) is 0 Å². The van der Waals surface area contributed by atoms with Gasteiger partial charge >= 0.3 is 0 Å². The lowest BCUT2D eigenvalue weighted by atomic mass is 9.74. The molecule has 0 aromatic heterocycles. The number of rotatable bonds is 1. The molecule has 1 fully saturated rings. The number of likely N-dealkylation sites (tertiary alicyclic amines) is 1. The Kier molecular flexibility index (Phi) is 1.40. The number of β-lactam (4-membered cyclic amide) rings is 1. The molecule has 0 bridgehead atoms. The third kappa shape index (κ3) is 0.679. The van der Waals surface area contributed by atoms with E-state index in [0.29, 0.717) is 5.70 Å². The third-order valence-electron chi connectivity index (χ3n) is 2.42. The van der Waals surface area contributed by atoms with Crippen LogP contribution in [0.1, 0.15) is 13.8 Å². The van der Waals surface area contributed by atoms with Crippen molar-refractivity contribution in [1.29, 1.82) is 0 Å². The quantitative estimate of drug-likeness (QED) is 0.408. The Morgan fingerprint density at radius 1 is 1.64 bits per heavy atom. The van der Waals surface area contributed by atoms with Gasteiger partial charge in [0, 0.05) is 12.7 Å². The van der Waals surface area contributed by atoms with E-state index in [2.05, 4.69) is 6.58 Å². The van der Waals surface area contributed by atoms with Crippen LogP contribution in [0.5, 0.6) is 0 Å². The molecule has 0 N–H and O–H groups in total. The minimum absolute atomic E-state index is 0.134. The molecule has 60 valence electrons. The van der Waals surface area contributed by atoms with Gasteiger partial charge in [-0.25, -0.2) is 0 Å². The van der Waals surface area contributed by atoms with Crippen LogP contribution in [-0.4, -0.2) is 23.6 Å². The molecule has 0 aliphatic carbocycles. The first kappa shape index (κ1) is 7.98. The maximum Gasteiger partial charge on any atom is 0.245 e. The molecule has 1 saturated heterocycles. The summed E-state index contributed by atoms with van der Waals surface area (Å²) in [5.41, 5.74) is -0.343. The van der Waals surface area contributed by atoms with E-state index in [1.807, 2.05) is 0 Å². The van der Waals surface area contributed by atoms with Crippen LogP contribution in [-0.2, 0) is 9.59 Å². The average Bonchev–Trinajstić information content (AvgIpc) is 1.99. The molecule has 0 saturated carbocycles. The fourth-order valence-corrected chi connectivity index (χ4v) is 1.22. The second-order valence-corrected chi connectivity index (χ2v) is 2.99. The molecule has 1 atom stereocenters. The summed E-state index contributed by atoms with van der Waals surface area (Å²) in [5, 5.41) is 0. The van der Waals surface area contributed by atoms with Crippen molar-refractivity contribution in [3.05, 3.63) is 12.3 Å². The van der Waals surface area contributed by atoms with Crippen molar-refractivity contribution in [2.24, 2.45) is 5.41 Å². The summed E-state index contributed by atoms with van der Waals surface area (Å²) in [6, 6.07) is 0. The van der Waals surface area contributed by atoms with Crippen LogP contribution in [0, 0.1) is 5.41 Å². The molecule has 3 nitrogen and oxygen atoms in total. The summed E-state index contributed by atoms with van der Waals surface area (Å²) in [5.74, 6) is -0.291. The smallest absolute Gasteiger partial charge is 0.245 e. The van der Waals surface area contributed by atoms with Crippen molar-refractivity contribution in [3.8, 4) is 0 Å². The predicted octanol–water partition coefficient (Wildman–Crippen LogP) is 0.567. The SMILES string of the molecule is C=C1N(C)C(=O)C1(C)C(C)=O. The van der Waals surface area contributed by atoms with Crippen molar-refractivity contribution >= 4 is 11.7 Å². The number of hydrogen-bond donors (Lipinski definition) is 0. The van der Waals surface area contributed by atoms with Gasteiger partial charge in [-0.3, -0.25) is 9.59 Å². The van der Waals surface area contributed by atoms with E-state index in [1.54, 1.807) is 14.0 Å². The Morgan fingerprint density at radius 3 is 2.27 bits per heavy atom. The maximum atomic E-state index is 11.2. The molecule has 1 rings (SSSR count). The van der Waals surface area contributed by atoms with Gasteiger partial charge in [0.25, 0.3) is 0 Å². The van der Waals surface area contributed by atoms with Crippen LogP contribution in [0.2, 0.25) is 0 Å². The van der Waals surface area contributed by atoms with E-state index in [4.69, 9.17) is 0 Å².